The van der Waals surface area contributed by atoms with Crippen LogP contribution < -0.4 is 9.47 Å². The predicted molar refractivity (Wildman–Crippen MR) is 128 cm³/mol. The number of hydrogen-bond donors (Lipinski definition) is 1. The highest BCUT2D eigenvalue weighted by Gasteiger charge is 2.33. The van der Waals surface area contributed by atoms with E-state index in [1.165, 1.54) is 18.5 Å². The first-order valence-electron chi connectivity index (χ1n) is 10.3. The summed E-state index contributed by atoms with van der Waals surface area (Å²) in [5, 5.41) is 21.7. The Labute approximate surface area is 196 Å². The van der Waals surface area contributed by atoms with E-state index < -0.39 is 20.7 Å². The summed E-state index contributed by atoms with van der Waals surface area (Å²) in [6, 6.07) is 17.6. The highest BCUT2D eigenvalue weighted by atomic mass is 32.2. The first kappa shape index (κ1) is 23.2. The third-order valence-electron chi connectivity index (χ3n) is 5.90. The number of nitrogens with zero attached hydrogens (tertiary/aromatic N) is 2. The average Bonchev–Trinajstić information content (AvgIpc) is 2.78. The van der Waals surface area contributed by atoms with Gasteiger partial charge in [-0.25, -0.2) is 13.2 Å². The van der Waals surface area contributed by atoms with Crippen LogP contribution in [0.1, 0.15) is 19.4 Å². The summed E-state index contributed by atoms with van der Waals surface area (Å²) in [5.74, 6) is -0.349. The molecule has 0 spiro atoms. The quantitative estimate of drug-likeness (QED) is 0.254. The molecular weight excluding hydrogens is 456 g/mol. The number of fused-ring (bicyclic) bond motifs is 1. The molecule has 1 N–H and O–H groups in total. The van der Waals surface area contributed by atoms with Crippen molar-refractivity contribution >= 4 is 26.9 Å². The normalized spacial score (nSPS) is 12.0. The fourth-order valence-electron chi connectivity index (χ4n) is 3.65. The SMILES string of the molecule is CC(C)(c1cc(-c2cccc(-c3ccc(OC(=O)O)[n+]([O-])c3)c2)c2ncccc2c1)S(C)(=O)=O. The van der Waals surface area contributed by atoms with Gasteiger partial charge >= 0.3 is 12.0 Å². The molecule has 0 amide bonds. The number of aromatic nitrogens is 2. The summed E-state index contributed by atoms with van der Waals surface area (Å²) in [6.45, 7) is 3.35. The standard InChI is InChI=1S/C25H22N2O6S/c1-25(2,34(3,31)32)20-13-18-8-5-11-26-23(18)21(14-20)17-7-4-6-16(12-17)19-9-10-22(27(30)15-19)33-24(28)29/h4-15H,1-3H3,(H,28,29). The van der Waals surface area contributed by atoms with Gasteiger partial charge in [-0.2, -0.15) is 0 Å². The molecule has 4 aromatic rings. The zero-order valence-corrected chi connectivity index (χ0v) is 19.5. The first-order chi connectivity index (χ1) is 16.0. The largest absolute Gasteiger partial charge is 0.616 e. The number of ether oxygens (including phenoxy) is 1. The van der Waals surface area contributed by atoms with Crippen molar-refractivity contribution in [2.24, 2.45) is 0 Å². The molecule has 0 saturated carbocycles. The highest BCUT2D eigenvalue weighted by molar-refractivity contribution is 7.91. The zero-order valence-electron chi connectivity index (χ0n) is 18.7. The van der Waals surface area contributed by atoms with E-state index in [0.717, 1.165) is 22.0 Å². The molecule has 0 unspecified atom stereocenters. The molecule has 4 rings (SSSR count). The Morgan fingerprint density at radius 1 is 1.03 bits per heavy atom. The van der Waals surface area contributed by atoms with E-state index >= 15 is 0 Å². The number of sulfone groups is 1. The summed E-state index contributed by atoms with van der Waals surface area (Å²) in [6.07, 6.45) is 2.56. The van der Waals surface area contributed by atoms with E-state index in [0.29, 0.717) is 21.4 Å². The van der Waals surface area contributed by atoms with Crippen LogP contribution in [-0.4, -0.2) is 30.9 Å². The van der Waals surface area contributed by atoms with Gasteiger partial charge in [-0.3, -0.25) is 4.98 Å². The Morgan fingerprint density at radius 3 is 2.44 bits per heavy atom. The van der Waals surface area contributed by atoms with Crippen molar-refractivity contribution in [2.75, 3.05) is 6.26 Å². The maximum Gasteiger partial charge on any atom is 0.515 e. The minimum absolute atomic E-state index is 0.349. The lowest BCUT2D eigenvalue weighted by molar-refractivity contribution is -0.610. The van der Waals surface area contributed by atoms with Gasteiger partial charge in [0.15, 0.2) is 16.0 Å². The van der Waals surface area contributed by atoms with Gasteiger partial charge in [-0.15, -0.1) is 4.73 Å². The average molecular weight is 479 g/mol. The van der Waals surface area contributed by atoms with Gasteiger partial charge in [-0.05, 0) is 60.9 Å². The van der Waals surface area contributed by atoms with Crippen LogP contribution in [0.2, 0.25) is 0 Å². The second kappa shape index (κ2) is 8.42. The minimum Gasteiger partial charge on any atom is -0.616 e. The lowest BCUT2D eigenvalue weighted by Gasteiger charge is -2.24. The molecule has 2 aromatic heterocycles. The van der Waals surface area contributed by atoms with Crippen LogP contribution >= 0.6 is 0 Å². The molecule has 2 aromatic carbocycles. The molecule has 0 fully saturated rings. The molecule has 34 heavy (non-hydrogen) atoms. The van der Waals surface area contributed by atoms with Crippen molar-refractivity contribution in [2.45, 2.75) is 18.6 Å². The van der Waals surface area contributed by atoms with Crippen LogP contribution in [0.25, 0.3) is 33.2 Å². The molecule has 0 saturated heterocycles. The summed E-state index contributed by atoms with van der Waals surface area (Å²) >= 11 is 0. The van der Waals surface area contributed by atoms with Crippen LogP contribution in [0, 0.1) is 5.21 Å². The van der Waals surface area contributed by atoms with Crippen LogP contribution in [0.4, 0.5) is 4.79 Å². The second-order valence-electron chi connectivity index (χ2n) is 8.41. The zero-order chi connectivity index (χ0) is 24.7. The summed E-state index contributed by atoms with van der Waals surface area (Å²) in [4.78, 5) is 15.2. The van der Waals surface area contributed by atoms with E-state index in [-0.39, 0.29) is 5.88 Å². The van der Waals surface area contributed by atoms with Crippen molar-refractivity contribution < 1.29 is 27.8 Å². The van der Waals surface area contributed by atoms with Gasteiger partial charge in [0.25, 0.3) is 0 Å². The number of rotatable bonds is 5. The third-order valence-corrected chi connectivity index (χ3v) is 7.99. The highest BCUT2D eigenvalue weighted by Crippen LogP contribution is 2.37. The molecule has 0 aliphatic heterocycles. The summed E-state index contributed by atoms with van der Waals surface area (Å²) in [5.41, 5.74) is 4.17. The van der Waals surface area contributed by atoms with Crippen LogP contribution in [0.15, 0.2) is 73.1 Å². The van der Waals surface area contributed by atoms with E-state index in [2.05, 4.69) is 9.72 Å². The molecule has 8 nitrogen and oxygen atoms in total. The fourth-order valence-corrected chi connectivity index (χ4v) is 4.19. The van der Waals surface area contributed by atoms with Crippen LogP contribution in [-0.2, 0) is 14.6 Å². The van der Waals surface area contributed by atoms with Crippen molar-refractivity contribution in [3.05, 3.63) is 83.8 Å². The summed E-state index contributed by atoms with van der Waals surface area (Å²) < 4.78 is 28.7. The Kier molecular flexibility index (Phi) is 5.74. The van der Waals surface area contributed by atoms with Crippen molar-refractivity contribution in [1.82, 2.24) is 4.98 Å². The van der Waals surface area contributed by atoms with Crippen molar-refractivity contribution in [3.63, 3.8) is 0 Å². The van der Waals surface area contributed by atoms with Crippen LogP contribution in [0.5, 0.6) is 5.88 Å². The van der Waals surface area contributed by atoms with E-state index in [1.807, 2.05) is 42.5 Å². The molecule has 0 atom stereocenters. The molecular formula is C25H22N2O6S. The Balaban J connectivity index is 1.87. The van der Waals surface area contributed by atoms with E-state index in [4.69, 9.17) is 5.11 Å². The lowest BCUT2D eigenvalue weighted by atomic mass is 9.92. The van der Waals surface area contributed by atoms with Gasteiger partial charge in [0.05, 0.1) is 16.3 Å². The third kappa shape index (κ3) is 4.29. The molecule has 0 aliphatic carbocycles. The second-order valence-corrected chi connectivity index (χ2v) is 11.0. The van der Waals surface area contributed by atoms with E-state index in [1.54, 1.807) is 32.2 Å². The molecule has 174 valence electrons. The molecule has 9 heteroatoms. The van der Waals surface area contributed by atoms with Gasteiger partial charge in [-0.1, -0.05) is 24.3 Å². The number of carbonyl (C=O) groups is 1. The number of pyridine rings is 2. The number of carboxylic acid groups (broad SMARTS) is 1. The smallest absolute Gasteiger partial charge is 0.515 e. The first-order valence-corrected chi connectivity index (χ1v) is 12.2. The van der Waals surface area contributed by atoms with Crippen molar-refractivity contribution in [1.29, 1.82) is 0 Å². The van der Waals surface area contributed by atoms with Gasteiger partial charge in [0.2, 0.25) is 0 Å². The molecule has 0 aliphatic rings. The van der Waals surface area contributed by atoms with E-state index in [9.17, 15) is 18.4 Å². The topological polar surface area (TPSA) is 120 Å². The maximum atomic E-state index is 12.5. The fraction of sp³-hybridized carbons (Fsp3) is 0.160. The molecule has 0 radical (unpaired) electrons. The summed E-state index contributed by atoms with van der Waals surface area (Å²) in [7, 11) is -3.40. The van der Waals surface area contributed by atoms with Crippen LogP contribution in [0.3, 0.4) is 0 Å². The van der Waals surface area contributed by atoms with Gasteiger partial charge < -0.3 is 15.1 Å². The Hall–Kier alpha value is -3.98. The predicted octanol–water partition coefficient (Wildman–Crippen LogP) is 4.54. The maximum absolute atomic E-state index is 12.5. The monoisotopic (exact) mass is 478 g/mol. The Bertz CT molecular complexity index is 1530. The molecule has 0 bridgehead atoms. The van der Waals surface area contributed by atoms with Gasteiger partial charge in [0.1, 0.15) is 0 Å². The molecule has 2 heterocycles. The Morgan fingerprint density at radius 2 is 1.76 bits per heavy atom. The number of benzene rings is 2. The van der Waals surface area contributed by atoms with Crippen molar-refractivity contribution in [3.8, 4) is 28.1 Å². The van der Waals surface area contributed by atoms with Gasteiger partial charge in [0, 0.05) is 29.0 Å². The number of hydrogen-bond acceptors (Lipinski definition) is 6. The lowest BCUT2D eigenvalue weighted by Crippen LogP contribution is -2.29. The minimum atomic E-state index is -3.40.